The zero-order valence-electron chi connectivity index (χ0n) is 6.80. The van der Waals surface area contributed by atoms with Gasteiger partial charge in [-0.3, -0.25) is 9.79 Å². The predicted octanol–water partition coefficient (Wildman–Crippen LogP) is 1.99. The Morgan fingerprint density at radius 3 is 2.64 bits per heavy atom. The highest BCUT2D eigenvalue weighted by Crippen LogP contribution is 1.98. The monoisotopic (exact) mass is 217 g/mol. The summed E-state index contributed by atoms with van der Waals surface area (Å²) in [4.78, 5) is 14.9. The third-order valence-corrected chi connectivity index (χ3v) is 1.64. The van der Waals surface area contributed by atoms with Gasteiger partial charge in [-0.2, -0.15) is 0 Å². The molecule has 0 aliphatic carbocycles. The fraction of sp³-hybridized carbons (Fsp3) is 0.500. The van der Waals surface area contributed by atoms with Crippen LogP contribution < -0.4 is 0 Å². The number of rotatable bonds is 4. The molecule has 0 bridgehead atoms. The van der Waals surface area contributed by atoms with Gasteiger partial charge in [-0.05, 0) is 6.42 Å². The van der Waals surface area contributed by atoms with Crippen molar-refractivity contribution in [3.05, 3.63) is 11.6 Å². The highest BCUT2D eigenvalue weighted by molar-refractivity contribution is 9.09. The van der Waals surface area contributed by atoms with Crippen LogP contribution in [0.25, 0.3) is 0 Å². The van der Waals surface area contributed by atoms with Crippen LogP contribution in [0.3, 0.4) is 0 Å². The van der Waals surface area contributed by atoms with Gasteiger partial charge < -0.3 is 0 Å². The van der Waals surface area contributed by atoms with Crippen LogP contribution in [0.2, 0.25) is 0 Å². The summed E-state index contributed by atoms with van der Waals surface area (Å²) in [5, 5.41) is 0.366. The van der Waals surface area contributed by atoms with E-state index in [0.29, 0.717) is 10.9 Å². The number of nitrogens with zero attached hydrogens (tertiary/aromatic N) is 1. The van der Waals surface area contributed by atoms with Crippen LogP contribution in [-0.2, 0) is 4.79 Å². The van der Waals surface area contributed by atoms with Gasteiger partial charge in [0.25, 0.3) is 0 Å². The molecule has 0 unspecified atom stereocenters. The molecule has 0 aliphatic rings. The molecule has 62 valence electrons. The Bertz CT molecular complexity index is 185. The number of carbonyl (C=O) groups is 1. The van der Waals surface area contributed by atoms with Gasteiger partial charge in [0.2, 0.25) is 0 Å². The first-order chi connectivity index (χ1) is 5.26. The summed E-state index contributed by atoms with van der Waals surface area (Å²) >= 11 is 3.10. The quantitative estimate of drug-likeness (QED) is 0.403. The van der Waals surface area contributed by atoms with Crippen molar-refractivity contribution < 1.29 is 4.79 Å². The maximum atomic E-state index is 11.1. The van der Waals surface area contributed by atoms with Crippen LogP contribution in [0.5, 0.6) is 0 Å². The average molecular weight is 218 g/mol. The van der Waals surface area contributed by atoms with Crippen molar-refractivity contribution in [2.45, 2.75) is 13.3 Å². The second kappa shape index (κ2) is 6.28. The molecule has 0 radical (unpaired) electrons. The Kier molecular flexibility index (Phi) is 6.03. The molecule has 0 aliphatic heterocycles. The molecule has 0 atom stereocenters. The molecule has 2 nitrogen and oxygen atoms in total. The molecule has 0 rings (SSSR count). The molecule has 0 saturated carbocycles. The Morgan fingerprint density at radius 2 is 2.27 bits per heavy atom. The van der Waals surface area contributed by atoms with Crippen molar-refractivity contribution in [1.29, 1.82) is 0 Å². The Labute approximate surface area is 75.5 Å². The molecular weight excluding hydrogens is 206 g/mol. The number of alkyl halides is 1. The lowest BCUT2D eigenvalue weighted by molar-refractivity contribution is -0.112. The van der Waals surface area contributed by atoms with E-state index < -0.39 is 0 Å². The lowest BCUT2D eigenvalue weighted by Crippen LogP contribution is -2.04. The number of allylic oxidation sites excluding steroid dienone is 2. The van der Waals surface area contributed by atoms with Crippen molar-refractivity contribution in [2.75, 3.05) is 12.4 Å². The maximum Gasteiger partial charge on any atom is 0.174 e. The van der Waals surface area contributed by atoms with E-state index in [1.165, 1.54) is 0 Å². The van der Waals surface area contributed by atoms with E-state index in [0.717, 1.165) is 6.42 Å². The van der Waals surface area contributed by atoms with E-state index in [1.54, 1.807) is 13.3 Å². The third kappa shape index (κ3) is 4.09. The van der Waals surface area contributed by atoms with E-state index >= 15 is 0 Å². The highest BCUT2D eigenvalue weighted by Gasteiger charge is 2.02. The molecule has 3 heteroatoms. The second-order valence-electron chi connectivity index (χ2n) is 2.01. The lowest BCUT2D eigenvalue weighted by Gasteiger charge is -1.94. The van der Waals surface area contributed by atoms with E-state index in [4.69, 9.17) is 0 Å². The smallest absolute Gasteiger partial charge is 0.174 e. The minimum atomic E-state index is 0.0810. The summed E-state index contributed by atoms with van der Waals surface area (Å²) in [6, 6.07) is 0. The van der Waals surface area contributed by atoms with Gasteiger partial charge >= 0.3 is 0 Å². The fourth-order valence-electron chi connectivity index (χ4n) is 0.675. The van der Waals surface area contributed by atoms with Crippen LogP contribution in [0.15, 0.2) is 16.6 Å². The molecule has 0 amide bonds. The number of hydrogen-bond donors (Lipinski definition) is 0. The summed E-state index contributed by atoms with van der Waals surface area (Å²) in [5.41, 5.74) is 0.687. The molecule has 0 heterocycles. The minimum absolute atomic E-state index is 0.0810. The predicted molar refractivity (Wildman–Crippen MR) is 51.6 cm³/mol. The Hall–Kier alpha value is -0.440. The van der Waals surface area contributed by atoms with Gasteiger partial charge in [0.1, 0.15) is 0 Å². The molecule has 11 heavy (non-hydrogen) atoms. The van der Waals surface area contributed by atoms with Crippen LogP contribution in [-0.4, -0.2) is 24.4 Å². The van der Waals surface area contributed by atoms with Crippen molar-refractivity contribution >= 4 is 27.9 Å². The first-order valence-electron chi connectivity index (χ1n) is 3.47. The third-order valence-electron chi connectivity index (χ3n) is 1.14. The van der Waals surface area contributed by atoms with E-state index in [2.05, 4.69) is 20.9 Å². The van der Waals surface area contributed by atoms with Crippen LogP contribution in [0, 0.1) is 0 Å². The van der Waals surface area contributed by atoms with E-state index in [1.807, 2.05) is 13.0 Å². The van der Waals surface area contributed by atoms with Gasteiger partial charge in [-0.1, -0.05) is 28.9 Å². The van der Waals surface area contributed by atoms with Gasteiger partial charge in [-0.15, -0.1) is 0 Å². The Balaban J connectivity index is 4.34. The first kappa shape index (κ1) is 10.6. The SMILES string of the molecule is CC/C=C(\C=NC)C(=O)CBr. The van der Waals surface area contributed by atoms with Gasteiger partial charge in [0, 0.05) is 18.8 Å². The van der Waals surface area contributed by atoms with Crippen molar-refractivity contribution in [3.63, 3.8) is 0 Å². The molecule has 0 aromatic heterocycles. The van der Waals surface area contributed by atoms with Gasteiger partial charge in [0.15, 0.2) is 5.78 Å². The second-order valence-corrected chi connectivity index (χ2v) is 2.57. The topological polar surface area (TPSA) is 29.4 Å². The molecule has 0 N–H and O–H groups in total. The summed E-state index contributed by atoms with van der Waals surface area (Å²) in [7, 11) is 1.66. The van der Waals surface area contributed by atoms with Gasteiger partial charge in [0.05, 0.1) is 5.33 Å². The molecule has 0 aromatic carbocycles. The van der Waals surface area contributed by atoms with E-state index in [9.17, 15) is 4.79 Å². The largest absolute Gasteiger partial charge is 0.296 e. The van der Waals surface area contributed by atoms with E-state index in [-0.39, 0.29) is 5.78 Å². The number of hydrogen-bond acceptors (Lipinski definition) is 2. The minimum Gasteiger partial charge on any atom is -0.296 e. The zero-order chi connectivity index (χ0) is 8.69. The van der Waals surface area contributed by atoms with Crippen molar-refractivity contribution in [2.24, 2.45) is 4.99 Å². The normalized spacial score (nSPS) is 12.5. The number of halogens is 1. The molecule has 0 fully saturated rings. The summed E-state index contributed by atoms with van der Waals surface area (Å²) < 4.78 is 0. The number of ketones is 1. The molecule has 0 spiro atoms. The summed E-state index contributed by atoms with van der Waals surface area (Å²) in [6.07, 6.45) is 4.32. The molecular formula is C8H12BrNO. The highest BCUT2D eigenvalue weighted by atomic mass is 79.9. The maximum absolute atomic E-state index is 11.1. The summed E-state index contributed by atoms with van der Waals surface area (Å²) in [5.74, 6) is 0.0810. The molecule has 0 saturated heterocycles. The fourth-order valence-corrected chi connectivity index (χ4v) is 0.998. The van der Waals surface area contributed by atoms with Crippen molar-refractivity contribution in [1.82, 2.24) is 0 Å². The summed E-state index contributed by atoms with van der Waals surface area (Å²) in [6.45, 7) is 1.99. The first-order valence-corrected chi connectivity index (χ1v) is 4.59. The number of Topliss-reactive ketones (excluding diaryl/α,β-unsaturated/α-hetero) is 1. The molecule has 0 aromatic rings. The van der Waals surface area contributed by atoms with Gasteiger partial charge in [-0.25, -0.2) is 0 Å². The van der Waals surface area contributed by atoms with Crippen LogP contribution in [0.4, 0.5) is 0 Å². The zero-order valence-corrected chi connectivity index (χ0v) is 8.39. The van der Waals surface area contributed by atoms with Crippen molar-refractivity contribution in [3.8, 4) is 0 Å². The lowest BCUT2D eigenvalue weighted by atomic mass is 10.2. The average Bonchev–Trinajstić information content (AvgIpc) is 2.03. The Morgan fingerprint density at radius 1 is 1.64 bits per heavy atom. The standard InChI is InChI=1S/C8H12BrNO/c1-3-4-7(6-10-2)8(11)5-9/h4,6H,3,5H2,1-2H3/b7-4+,10-6?. The van der Waals surface area contributed by atoms with Crippen LogP contribution >= 0.6 is 15.9 Å². The van der Waals surface area contributed by atoms with Crippen LogP contribution in [0.1, 0.15) is 13.3 Å². The number of carbonyl (C=O) groups excluding carboxylic acids is 1. The number of aliphatic imine (C=N–C) groups is 1.